The number of nitrogens with zero attached hydrogens (tertiary/aromatic N) is 2. The molecule has 2 unspecified atom stereocenters. The van der Waals surface area contributed by atoms with Crippen molar-refractivity contribution < 1.29 is 9.59 Å². The SMILES string of the molecule is O=C1C2CCCCC2C(=O)N1Cc1ccncc1. The molecule has 4 heteroatoms. The number of amides is 2. The molecule has 4 nitrogen and oxygen atoms in total. The molecule has 1 aromatic heterocycles. The Morgan fingerprint density at radius 2 is 1.61 bits per heavy atom. The summed E-state index contributed by atoms with van der Waals surface area (Å²) < 4.78 is 0. The van der Waals surface area contributed by atoms with Gasteiger partial charge >= 0.3 is 0 Å². The zero-order valence-electron chi connectivity index (χ0n) is 10.2. The Labute approximate surface area is 106 Å². The minimum Gasteiger partial charge on any atom is -0.278 e. The number of fused-ring (bicyclic) bond motifs is 1. The summed E-state index contributed by atoms with van der Waals surface area (Å²) in [6, 6.07) is 3.70. The molecule has 1 aliphatic heterocycles. The summed E-state index contributed by atoms with van der Waals surface area (Å²) in [5, 5.41) is 0. The maximum atomic E-state index is 12.2. The van der Waals surface area contributed by atoms with E-state index in [4.69, 9.17) is 0 Å². The Bertz CT molecular complexity index is 448. The fraction of sp³-hybridized carbons (Fsp3) is 0.500. The van der Waals surface area contributed by atoms with Crippen molar-refractivity contribution in [3.63, 3.8) is 0 Å². The van der Waals surface area contributed by atoms with Gasteiger partial charge in [-0.1, -0.05) is 12.8 Å². The predicted octanol–water partition coefficient (Wildman–Crippen LogP) is 1.76. The summed E-state index contributed by atoms with van der Waals surface area (Å²) in [6.45, 7) is 0.396. The van der Waals surface area contributed by atoms with Crippen LogP contribution in [0.4, 0.5) is 0 Å². The minimum atomic E-state index is -0.0481. The maximum absolute atomic E-state index is 12.2. The largest absolute Gasteiger partial charge is 0.278 e. The molecular formula is C14H16N2O2. The van der Waals surface area contributed by atoms with Crippen LogP contribution in [0.5, 0.6) is 0 Å². The van der Waals surface area contributed by atoms with Crippen LogP contribution in [0.2, 0.25) is 0 Å². The lowest BCUT2D eigenvalue weighted by atomic mass is 9.81. The van der Waals surface area contributed by atoms with Crippen LogP contribution in [-0.2, 0) is 16.1 Å². The first-order chi connectivity index (χ1) is 8.77. The summed E-state index contributed by atoms with van der Waals surface area (Å²) in [7, 11) is 0. The Balaban J connectivity index is 1.80. The molecule has 0 spiro atoms. The van der Waals surface area contributed by atoms with Crippen molar-refractivity contribution in [2.24, 2.45) is 11.8 Å². The van der Waals surface area contributed by atoms with Crippen molar-refractivity contribution in [3.05, 3.63) is 30.1 Å². The standard InChI is InChI=1S/C14H16N2O2/c17-13-11-3-1-2-4-12(11)14(18)16(13)9-10-5-7-15-8-6-10/h5-8,11-12H,1-4,9H2. The molecule has 0 N–H and O–H groups in total. The topological polar surface area (TPSA) is 50.3 Å². The number of hydrogen-bond acceptors (Lipinski definition) is 3. The van der Waals surface area contributed by atoms with Crippen LogP contribution in [0, 0.1) is 11.8 Å². The van der Waals surface area contributed by atoms with Crippen LogP contribution >= 0.6 is 0 Å². The van der Waals surface area contributed by atoms with Crippen molar-refractivity contribution in [1.29, 1.82) is 0 Å². The molecular weight excluding hydrogens is 228 g/mol. The van der Waals surface area contributed by atoms with E-state index < -0.39 is 0 Å². The van der Waals surface area contributed by atoms with Gasteiger partial charge in [0.1, 0.15) is 0 Å². The molecule has 0 radical (unpaired) electrons. The number of likely N-dealkylation sites (tertiary alicyclic amines) is 1. The maximum Gasteiger partial charge on any atom is 0.233 e. The Kier molecular flexibility index (Phi) is 2.86. The van der Waals surface area contributed by atoms with Gasteiger partial charge in [-0.25, -0.2) is 0 Å². The molecule has 2 fully saturated rings. The quantitative estimate of drug-likeness (QED) is 0.745. The fourth-order valence-corrected chi connectivity index (χ4v) is 3.06. The first-order valence-electron chi connectivity index (χ1n) is 6.51. The molecule has 18 heavy (non-hydrogen) atoms. The van der Waals surface area contributed by atoms with Gasteiger partial charge in [0, 0.05) is 12.4 Å². The molecule has 3 rings (SSSR count). The molecule has 0 aromatic carbocycles. The summed E-state index contributed by atoms with van der Waals surface area (Å²) in [5.41, 5.74) is 0.963. The molecule has 2 amide bonds. The smallest absolute Gasteiger partial charge is 0.233 e. The van der Waals surface area contributed by atoms with E-state index in [1.165, 1.54) is 4.90 Å². The Morgan fingerprint density at radius 1 is 1.06 bits per heavy atom. The summed E-state index contributed by atoms with van der Waals surface area (Å²) in [4.78, 5) is 29.9. The van der Waals surface area contributed by atoms with E-state index in [9.17, 15) is 9.59 Å². The van der Waals surface area contributed by atoms with E-state index in [2.05, 4.69) is 4.98 Å². The minimum absolute atomic E-state index is 0.0292. The zero-order valence-corrected chi connectivity index (χ0v) is 10.2. The fourth-order valence-electron chi connectivity index (χ4n) is 3.06. The normalized spacial score (nSPS) is 27.4. The monoisotopic (exact) mass is 244 g/mol. The number of carbonyl (C=O) groups excluding carboxylic acids is 2. The van der Waals surface area contributed by atoms with E-state index in [1.807, 2.05) is 12.1 Å². The number of hydrogen-bond donors (Lipinski definition) is 0. The van der Waals surface area contributed by atoms with Gasteiger partial charge in [0.25, 0.3) is 0 Å². The number of pyridine rings is 1. The van der Waals surface area contributed by atoms with Gasteiger partial charge in [0.05, 0.1) is 18.4 Å². The van der Waals surface area contributed by atoms with Gasteiger partial charge in [-0.2, -0.15) is 0 Å². The average molecular weight is 244 g/mol. The highest BCUT2D eigenvalue weighted by Gasteiger charge is 2.47. The van der Waals surface area contributed by atoms with Gasteiger partial charge in [-0.05, 0) is 30.5 Å². The number of carbonyl (C=O) groups is 2. The van der Waals surface area contributed by atoms with E-state index >= 15 is 0 Å². The first kappa shape index (κ1) is 11.4. The van der Waals surface area contributed by atoms with Gasteiger partial charge in [-0.3, -0.25) is 19.5 Å². The van der Waals surface area contributed by atoms with Crippen molar-refractivity contribution in [2.45, 2.75) is 32.2 Å². The highest BCUT2D eigenvalue weighted by Crippen LogP contribution is 2.38. The number of aromatic nitrogens is 1. The highest BCUT2D eigenvalue weighted by molar-refractivity contribution is 6.05. The number of imide groups is 1. The summed E-state index contributed by atoms with van der Waals surface area (Å²) in [6.07, 6.45) is 7.28. The van der Waals surface area contributed by atoms with Crippen molar-refractivity contribution in [2.75, 3.05) is 0 Å². The van der Waals surface area contributed by atoms with Gasteiger partial charge in [-0.15, -0.1) is 0 Å². The van der Waals surface area contributed by atoms with E-state index in [-0.39, 0.29) is 23.7 Å². The summed E-state index contributed by atoms with van der Waals surface area (Å²) in [5.74, 6) is -0.0378. The van der Waals surface area contributed by atoms with Crippen LogP contribution in [0.15, 0.2) is 24.5 Å². The third-order valence-corrected chi connectivity index (χ3v) is 4.02. The van der Waals surface area contributed by atoms with E-state index in [0.29, 0.717) is 6.54 Å². The number of rotatable bonds is 2. The zero-order chi connectivity index (χ0) is 12.5. The third kappa shape index (κ3) is 1.82. The van der Waals surface area contributed by atoms with E-state index in [1.54, 1.807) is 12.4 Å². The van der Waals surface area contributed by atoms with Gasteiger partial charge < -0.3 is 0 Å². The van der Waals surface area contributed by atoms with Crippen molar-refractivity contribution >= 4 is 11.8 Å². The Hall–Kier alpha value is -1.71. The molecule has 2 atom stereocenters. The predicted molar refractivity (Wildman–Crippen MR) is 65.2 cm³/mol. The average Bonchev–Trinajstić information content (AvgIpc) is 2.66. The molecule has 2 aliphatic rings. The van der Waals surface area contributed by atoms with Crippen molar-refractivity contribution in [3.8, 4) is 0 Å². The molecule has 2 heterocycles. The van der Waals surface area contributed by atoms with Crippen LogP contribution in [0.3, 0.4) is 0 Å². The second-order valence-corrected chi connectivity index (χ2v) is 5.12. The second kappa shape index (κ2) is 4.52. The molecule has 94 valence electrons. The molecule has 1 aliphatic carbocycles. The van der Waals surface area contributed by atoms with Crippen LogP contribution in [0.1, 0.15) is 31.2 Å². The summed E-state index contributed by atoms with van der Waals surface area (Å²) >= 11 is 0. The first-order valence-corrected chi connectivity index (χ1v) is 6.51. The lowest BCUT2D eigenvalue weighted by Crippen LogP contribution is -2.30. The molecule has 1 saturated carbocycles. The molecule has 0 bridgehead atoms. The second-order valence-electron chi connectivity index (χ2n) is 5.12. The lowest BCUT2D eigenvalue weighted by molar-refractivity contribution is -0.140. The lowest BCUT2D eigenvalue weighted by Gasteiger charge is -2.19. The highest BCUT2D eigenvalue weighted by atomic mass is 16.2. The van der Waals surface area contributed by atoms with Crippen LogP contribution in [-0.4, -0.2) is 21.7 Å². The Morgan fingerprint density at radius 3 is 2.17 bits per heavy atom. The molecule has 1 aromatic rings. The third-order valence-electron chi connectivity index (χ3n) is 4.02. The van der Waals surface area contributed by atoms with Gasteiger partial charge in [0.2, 0.25) is 11.8 Å². The van der Waals surface area contributed by atoms with Crippen LogP contribution < -0.4 is 0 Å². The van der Waals surface area contributed by atoms with Crippen molar-refractivity contribution in [1.82, 2.24) is 9.88 Å². The molecule has 1 saturated heterocycles. The van der Waals surface area contributed by atoms with E-state index in [0.717, 1.165) is 31.2 Å². The van der Waals surface area contributed by atoms with Gasteiger partial charge in [0.15, 0.2) is 0 Å². The van der Waals surface area contributed by atoms with Crippen LogP contribution in [0.25, 0.3) is 0 Å².